The van der Waals surface area contributed by atoms with Crippen molar-refractivity contribution in [3.8, 4) is 0 Å². The van der Waals surface area contributed by atoms with Gasteiger partial charge in [0.15, 0.2) is 0 Å². The van der Waals surface area contributed by atoms with Crippen LogP contribution < -0.4 is 10.5 Å². The molecule has 1 aromatic heterocycles. The van der Waals surface area contributed by atoms with Gasteiger partial charge in [-0.3, -0.25) is 4.79 Å². The first-order chi connectivity index (χ1) is 9.29. The topological polar surface area (TPSA) is 102 Å². The quantitative estimate of drug-likeness (QED) is 0.900. The minimum atomic E-state index is -3.82. The SMILES string of the molecule is Cc1cc(C(=O)Nc2cccc(S(N)(=O)=O)c2C)co1. The Balaban J connectivity index is 2.33. The second-order valence-corrected chi connectivity index (χ2v) is 5.90. The summed E-state index contributed by atoms with van der Waals surface area (Å²) in [5.74, 6) is 0.238. The second kappa shape index (κ2) is 5.10. The molecule has 0 spiro atoms. The maximum absolute atomic E-state index is 12.0. The number of rotatable bonds is 3. The minimum absolute atomic E-state index is 0.0151. The standard InChI is InChI=1S/C13H14N2O4S/c1-8-6-10(7-19-8)13(16)15-11-4-3-5-12(9(11)2)20(14,17)18/h3-7H,1-2H3,(H,15,16)(H2,14,17,18). The maximum atomic E-state index is 12.0. The molecule has 2 rings (SSSR count). The fraction of sp³-hybridized carbons (Fsp3) is 0.154. The highest BCUT2D eigenvalue weighted by molar-refractivity contribution is 7.89. The third-order valence-corrected chi connectivity index (χ3v) is 3.89. The lowest BCUT2D eigenvalue weighted by Crippen LogP contribution is -2.16. The Morgan fingerprint density at radius 3 is 2.55 bits per heavy atom. The number of primary sulfonamides is 1. The largest absolute Gasteiger partial charge is 0.469 e. The van der Waals surface area contributed by atoms with Crippen molar-refractivity contribution in [1.82, 2.24) is 0 Å². The number of anilines is 1. The fourth-order valence-electron chi connectivity index (χ4n) is 1.82. The average molecular weight is 294 g/mol. The summed E-state index contributed by atoms with van der Waals surface area (Å²) in [6.07, 6.45) is 1.34. The van der Waals surface area contributed by atoms with Crippen LogP contribution in [0.1, 0.15) is 21.7 Å². The molecule has 1 aromatic carbocycles. The molecule has 0 unspecified atom stereocenters. The van der Waals surface area contributed by atoms with Gasteiger partial charge in [-0.2, -0.15) is 0 Å². The van der Waals surface area contributed by atoms with Crippen LogP contribution in [-0.2, 0) is 10.0 Å². The van der Waals surface area contributed by atoms with Gasteiger partial charge in [0, 0.05) is 5.69 Å². The van der Waals surface area contributed by atoms with Gasteiger partial charge in [0.05, 0.1) is 10.5 Å². The molecule has 7 heteroatoms. The van der Waals surface area contributed by atoms with Gasteiger partial charge in [0.1, 0.15) is 12.0 Å². The molecule has 0 aliphatic carbocycles. The number of carbonyl (C=O) groups is 1. The maximum Gasteiger partial charge on any atom is 0.258 e. The number of carbonyl (C=O) groups excluding carboxylic acids is 1. The Kier molecular flexibility index (Phi) is 3.65. The number of nitrogens with one attached hydrogen (secondary N) is 1. The first kappa shape index (κ1) is 14.3. The molecule has 1 heterocycles. The number of hydrogen-bond donors (Lipinski definition) is 2. The van der Waals surface area contributed by atoms with E-state index in [-0.39, 0.29) is 10.8 Å². The monoisotopic (exact) mass is 294 g/mol. The van der Waals surface area contributed by atoms with Crippen LogP contribution in [0.2, 0.25) is 0 Å². The van der Waals surface area contributed by atoms with E-state index in [2.05, 4.69) is 5.32 Å². The zero-order valence-corrected chi connectivity index (χ0v) is 11.8. The van der Waals surface area contributed by atoms with Crippen LogP contribution in [0.3, 0.4) is 0 Å². The number of amides is 1. The highest BCUT2D eigenvalue weighted by atomic mass is 32.2. The molecule has 6 nitrogen and oxygen atoms in total. The molecule has 106 valence electrons. The molecular formula is C13H14N2O4S. The van der Waals surface area contributed by atoms with Crippen molar-refractivity contribution in [2.45, 2.75) is 18.7 Å². The fourth-order valence-corrected chi connectivity index (χ4v) is 2.62. The second-order valence-electron chi connectivity index (χ2n) is 4.37. The van der Waals surface area contributed by atoms with Crippen LogP contribution in [-0.4, -0.2) is 14.3 Å². The molecule has 1 amide bonds. The summed E-state index contributed by atoms with van der Waals surface area (Å²) in [5.41, 5.74) is 1.15. The van der Waals surface area contributed by atoms with E-state index in [1.54, 1.807) is 26.0 Å². The normalized spacial score (nSPS) is 11.3. The first-order valence-electron chi connectivity index (χ1n) is 5.78. The van der Waals surface area contributed by atoms with Gasteiger partial charge in [-0.05, 0) is 37.6 Å². The van der Waals surface area contributed by atoms with Crippen molar-refractivity contribution in [1.29, 1.82) is 0 Å². The van der Waals surface area contributed by atoms with Crippen LogP contribution in [0.25, 0.3) is 0 Å². The van der Waals surface area contributed by atoms with Crippen molar-refractivity contribution < 1.29 is 17.6 Å². The van der Waals surface area contributed by atoms with Gasteiger partial charge in [-0.25, -0.2) is 13.6 Å². The Bertz CT molecular complexity index is 762. The van der Waals surface area contributed by atoms with Crippen molar-refractivity contribution in [3.63, 3.8) is 0 Å². The molecule has 3 N–H and O–H groups in total. The van der Waals surface area contributed by atoms with Gasteiger partial charge in [-0.15, -0.1) is 0 Å². The first-order valence-corrected chi connectivity index (χ1v) is 7.32. The smallest absolute Gasteiger partial charge is 0.258 e. The molecular weight excluding hydrogens is 280 g/mol. The lowest BCUT2D eigenvalue weighted by Gasteiger charge is -2.10. The van der Waals surface area contributed by atoms with E-state index in [4.69, 9.17) is 9.56 Å². The average Bonchev–Trinajstić information content (AvgIpc) is 2.77. The number of benzene rings is 1. The molecule has 0 saturated carbocycles. The van der Waals surface area contributed by atoms with Crippen molar-refractivity contribution in [2.24, 2.45) is 5.14 Å². The molecule has 0 atom stereocenters. The van der Waals surface area contributed by atoms with Crippen LogP contribution in [0.4, 0.5) is 5.69 Å². The zero-order chi connectivity index (χ0) is 14.9. The molecule has 0 radical (unpaired) electrons. The third kappa shape index (κ3) is 2.89. The predicted octanol–water partition coefficient (Wildman–Crippen LogP) is 1.80. The van der Waals surface area contributed by atoms with E-state index >= 15 is 0 Å². The molecule has 0 fully saturated rings. The molecule has 0 saturated heterocycles. The van der Waals surface area contributed by atoms with Crippen LogP contribution in [0.5, 0.6) is 0 Å². The molecule has 2 aromatic rings. The van der Waals surface area contributed by atoms with E-state index in [0.29, 0.717) is 22.6 Å². The zero-order valence-electron chi connectivity index (χ0n) is 11.0. The Labute approximate surface area is 116 Å². The summed E-state index contributed by atoms with van der Waals surface area (Å²) >= 11 is 0. The van der Waals surface area contributed by atoms with Crippen LogP contribution in [0, 0.1) is 13.8 Å². The van der Waals surface area contributed by atoms with Gasteiger partial charge >= 0.3 is 0 Å². The molecule has 0 aliphatic heterocycles. The van der Waals surface area contributed by atoms with E-state index in [1.165, 1.54) is 18.4 Å². The van der Waals surface area contributed by atoms with E-state index in [0.717, 1.165) is 0 Å². The summed E-state index contributed by atoms with van der Waals surface area (Å²) < 4.78 is 27.9. The summed E-state index contributed by atoms with van der Waals surface area (Å²) in [6, 6.07) is 6.11. The van der Waals surface area contributed by atoms with Gasteiger partial charge in [0.2, 0.25) is 10.0 Å². The summed E-state index contributed by atoms with van der Waals surface area (Å²) in [5, 5.41) is 7.75. The Morgan fingerprint density at radius 1 is 1.30 bits per heavy atom. The lowest BCUT2D eigenvalue weighted by molar-refractivity contribution is 0.102. The van der Waals surface area contributed by atoms with E-state index in [1.807, 2.05) is 0 Å². The van der Waals surface area contributed by atoms with Crippen LogP contribution >= 0.6 is 0 Å². The number of furan rings is 1. The summed E-state index contributed by atoms with van der Waals surface area (Å²) in [7, 11) is -3.82. The van der Waals surface area contributed by atoms with Gasteiger partial charge in [0.25, 0.3) is 5.91 Å². The minimum Gasteiger partial charge on any atom is -0.469 e. The number of nitrogens with two attached hydrogens (primary N) is 1. The summed E-state index contributed by atoms with van der Waals surface area (Å²) in [4.78, 5) is 12.0. The van der Waals surface area contributed by atoms with Crippen molar-refractivity contribution >= 4 is 21.6 Å². The third-order valence-electron chi connectivity index (χ3n) is 2.83. The van der Waals surface area contributed by atoms with E-state index < -0.39 is 10.0 Å². The van der Waals surface area contributed by atoms with Crippen molar-refractivity contribution in [2.75, 3.05) is 5.32 Å². The van der Waals surface area contributed by atoms with E-state index in [9.17, 15) is 13.2 Å². The predicted molar refractivity (Wildman–Crippen MR) is 74.0 cm³/mol. The van der Waals surface area contributed by atoms with Gasteiger partial charge in [-0.1, -0.05) is 6.07 Å². The van der Waals surface area contributed by atoms with Crippen LogP contribution in [0.15, 0.2) is 39.8 Å². The van der Waals surface area contributed by atoms with Crippen molar-refractivity contribution in [3.05, 3.63) is 47.4 Å². The highest BCUT2D eigenvalue weighted by Crippen LogP contribution is 2.22. The Morgan fingerprint density at radius 2 is 2.00 bits per heavy atom. The number of hydrogen-bond acceptors (Lipinski definition) is 4. The molecule has 0 bridgehead atoms. The molecule has 20 heavy (non-hydrogen) atoms. The number of sulfonamides is 1. The lowest BCUT2D eigenvalue weighted by atomic mass is 10.2. The highest BCUT2D eigenvalue weighted by Gasteiger charge is 2.16. The summed E-state index contributed by atoms with van der Waals surface area (Å²) in [6.45, 7) is 3.31. The number of aryl methyl sites for hydroxylation is 1. The van der Waals surface area contributed by atoms with Gasteiger partial charge < -0.3 is 9.73 Å². The Hall–Kier alpha value is -2.12. The molecule has 0 aliphatic rings.